The second-order valence-electron chi connectivity index (χ2n) is 1.02. The summed E-state index contributed by atoms with van der Waals surface area (Å²) in [5.41, 5.74) is 0. The second-order valence-corrected chi connectivity index (χ2v) is 9.36. The van der Waals surface area contributed by atoms with Gasteiger partial charge in [-0.15, -0.1) is 0 Å². The lowest BCUT2D eigenvalue weighted by atomic mass is 11.0. The molecule has 0 aromatic carbocycles. The van der Waals surface area contributed by atoms with Gasteiger partial charge in [0.25, 0.3) is 0 Å². The van der Waals surface area contributed by atoms with Crippen LogP contribution in [0.1, 0.15) is 13.8 Å². The van der Waals surface area contributed by atoms with Crippen molar-refractivity contribution in [1.29, 1.82) is 0 Å². The molecule has 0 nitrogen and oxygen atoms in total. The fraction of sp³-hybridized carbons (Fsp3) is 1.00. The van der Waals surface area contributed by atoms with E-state index in [1.807, 2.05) is 51.1 Å². The maximum absolute atomic E-state index is 2.18. The largest absolute Gasteiger partial charge is 0.0820 e. The SMILES string of the molecule is CCSSSSSCC. The summed E-state index contributed by atoms with van der Waals surface area (Å²) in [7, 11) is 9.41. The third-order valence-corrected chi connectivity index (χ3v) is 9.22. The van der Waals surface area contributed by atoms with Crippen molar-refractivity contribution in [3.05, 3.63) is 0 Å². The molecule has 0 amide bonds. The summed E-state index contributed by atoms with van der Waals surface area (Å²) in [6.07, 6.45) is 0. The number of rotatable bonds is 6. The molecule has 0 N–H and O–H groups in total. The Morgan fingerprint density at radius 2 is 1.22 bits per heavy atom. The summed E-state index contributed by atoms with van der Waals surface area (Å²) in [6, 6.07) is 0. The fourth-order valence-electron chi connectivity index (χ4n) is 0.147. The Morgan fingerprint density at radius 1 is 0.778 bits per heavy atom. The monoisotopic (exact) mass is 218 g/mol. The predicted octanol–water partition coefficient (Wildman–Crippen LogP) is 4.35. The molecule has 0 unspecified atom stereocenters. The maximum atomic E-state index is 2.18. The van der Waals surface area contributed by atoms with Crippen molar-refractivity contribution in [2.45, 2.75) is 13.8 Å². The first-order valence-electron chi connectivity index (χ1n) is 2.66. The maximum Gasteiger partial charge on any atom is 0.00169 e. The standard InChI is InChI=1S/C4H10S5/c1-3-5-7-9-8-6-4-2/h3-4H2,1-2H3. The molecular weight excluding hydrogens is 208 g/mol. The summed E-state index contributed by atoms with van der Waals surface area (Å²) >= 11 is 0. The van der Waals surface area contributed by atoms with Gasteiger partial charge in [0.2, 0.25) is 0 Å². The number of hydrogen-bond donors (Lipinski definition) is 0. The zero-order valence-electron chi connectivity index (χ0n) is 5.46. The van der Waals surface area contributed by atoms with Gasteiger partial charge in [-0.1, -0.05) is 35.4 Å². The minimum Gasteiger partial charge on any atom is -0.0820 e. The van der Waals surface area contributed by atoms with Crippen molar-refractivity contribution in [1.82, 2.24) is 0 Å². The van der Waals surface area contributed by atoms with Crippen LogP contribution in [0.2, 0.25) is 0 Å². The fourth-order valence-corrected chi connectivity index (χ4v) is 8.54. The van der Waals surface area contributed by atoms with Gasteiger partial charge in [-0.3, -0.25) is 0 Å². The molecule has 5 heteroatoms. The van der Waals surface area contributed by atoms with E-state index in [0.717, 1.165) is 0 Å². The zero-order valence-corrected chi connectivity index (χ0v) is 9.54. The lowest BCUT2D eigenvalue weighted by molar-refractivity contribution is 1.54. The van der Waals surface area contributed by atoms with Crippen molar-refractivity contribution in [2.24, 2.45) is 0 Å². The van der Waals surface area contributed by atoms with Crippen LogP contribution in [0.3, 0.4) is 0 Å². The summed E-state index contributed by atoms with van der Waals surface area (Å²) in [4.78, 5) is 0. The van der Waals surface area contributed by atoms with Crippen LogP contribution in [0.4, 0.5) is 0 Å². The molecule has 0 aromatic heterocycles. The van der Waals surface area contributed by atoms with Crippen molar-refractivity contribution >= 4 is 51.1 Å². The van der Waals surface area contributed by atoms with E-state index in [1.165, 1.54) is 11.5 Å². The van der Waals surface area contributed by atoms with Crippen LogP contribution in [0.15, 0.2) is 0 Å². The molecule has 0 fully saturated rings. The Balaban J connectivity index is 2.60. The molecule has 0 rings (SSSR count). The van der Waals surface area contributed by atoms with Crippen molar-refractivity contribution in [3.63, 3.8) is 0 Å². The smallest absolute Gasteiger partial charge is 0.00169 e. The van der Waals surface area contributed by atoms with Crippen LogP contribution in [-0.2, 0) is 0 Å². The Labute approximate surface area is 76.0 Å². The van der Waals surface area contributed by atoms with Crippen LogP contribution in [0.5, 0.6) is 0 Å². The molecule has 0 aliphatic carbocycles. The summed E-state index contributed by atoms with van der Waals surface area (Å²) in [5, 5.41) is 0. The molecule has 0 saturated heterocycles. The van der Waals surface area contributed by atoms with E-state index in [-0.39, 0.29) is 0 Å². The van der Waals surface area contributed by atoms with E-state index in [9.17, 15) is 0 Å². The topological polar surface area (TPSA) is 0 Å². The van der Waals surface area contributed by atoms with Gasteiger partial charge in [0, 0.05) is 11.5 Å². The van der Waals surface area contributed by atoms with Crippen LogP contribution >= 0.6 is 51.1 Å². The first-order chi connectivity index (χ1) is 4.41. The van der Waals surface area contributed by atoms with Crippen LogP contribution in [0, 0.1) is 0 Å². The van der Waals surface area contributed by atoms with Gasteiger partial charge in [-0.05, 0) is 29.5 Å². The van der Waals surface area contributed by atoms with E-state index < -0.39 is 0 Å². The van der Waals surface area contributed by atoms with E-state index in [0.29, 0.717) is 0 Å². The van der Waals surface area contributed by atoms with E-state index in [1.54, 1.807) is 0 Å². The molecule has 0 saturated carbocycles. The highest BCUT2D eigenvalue weighted by Crippen LogP contribution is 2.48. The van der Waals surface area contributed by atoms with Gasteiger partial charge >= 0.3 is 0 Å². The molecule has 0 aliphatic heterocycles. The minimum absolute atomic E-state index is 1.20. The van der Waals surface area contributed by atoms with E-state index in [2.05, 4.69) is 13.8 Å². The third-order valence-electron chi connectivity index (χ3n) is 0.387. The van der Waals surface area contributed by atoms with Gasteiger partial charge in [0.05, 0.1) is 0 Å². The zero-order chi connectivity index (χ0) is 6.95. The Hall–Kier alpha value is 1.75. The lowest BCUT2D eigenvalue weighted by Gasteiger charge is -1.93. The van der Waals surface area contributed by atoms with Gasteiger partial charge in [0.1, 0.15) is 0 Å². The van der Waals surface area contributed by atoms with Crippen LogP contribution in [0.25, 0.3) is 0 Å². The normalized spacial score (nSPS) is 10.0. The summed E-state index contributed by atoms with van der Waals surface area (Å²) in [6.45, 7) is 4.35. The molecular formula is C4H10S5. The van der Waals surface area contributed by atoms with Gasteiger partial charge in [0.15, 0.2) is 0 Å². The minimum atomic E-state index is 1.20. The number of hydrogen-bond acceptors (Lipinski definition) is 5. The predicted molar refractivity (Wildman–Crippen MR) is 59.0 cm³/mol. The molecule has 0 bridgehead atoms. The molecule has 0 atom stereocenters. The van der Waals surface area contributed by atoms with Crippen LogP contribution in [-0.4, -0.2) is 11.5 Å². The molecule has 56 valence electrons. The van der Waals surface area contributed by atoms with E-state index >= 15 is 0 Å². The summed E-state index contributed by atoms with van der Waals surface area (Å²) in [5.74, 6) is 2.41. The average molecular weight is 218 g/mol. The second kappa shape index (κ2) is 9.75. The highest BCUT2D eigenvalue weighted by atomic mass is 33.8. The first kappa shape index (κ1) is 10.8. The quantitative estimate of drug-likeness (QED) is 0.478. The van der Waals surface area contributed by atoms with Gasteiger partial charge in [-0.25, -0.2) is 0 Å². The average Bonchev–Trinajstić information content (AvgIpc) is 1.89. The first-order valence-corrected chi connectivity index (χ1v) is 9.15. The molecule has 0 spiro atoms. The lowest BCUT2D eigenvalue weighted by Crippen LogP contribution is -1.53. The third kappa shape index (κ3) is 9.75. The molecule has 0 radical (unpaired) electrons. The van der Waals surface area contributed by atoms with Crippen LogP contribution < -0.4 is 0 Å². The Bertz CT molecular complexity index is 42.2. The Kier molecular flexibility index (Phi) is 11.6. The summed E-state index contributed by atoms with van der Waals surface area (Å²) < 4.78 is 0. The Morgan fingerprint density at radius 3 is 1.56 bits per heavy atom. The highest BCUT2D eigenvalue weighted by Gasteiger charge is 1.88. The molecule has 0 aromatic rings. The van der Waals surface area contributed by atoms with E-state index in [4.69, 9.17) is 0 Å². The van der Waals surface area contributed by atoms with Crippen molar-refractivity contribution in [3.8, 4) is 0 Å². The molecule has 0 heterocycles. The molecule has 0 aliphatic rings. The highest BCUT2D eigenvalue weighted by molar-refractivity contribution is 9.35. The molecule has 9 heavy (non-hydrogen) atoms. The van der Waals surface area contributed by atoms with Crippen molar-refractivity contribution < 1.29 is 0 Å². The van der Waals surface area contributed by atoms with Crippen molar-refractivity contribution in [2.75, 3.05) is 11.5 Å². The van der Waals surface area contributed by atoms with Gasteiger partial charge in [-0.2, -0.15) is 0 Å². The van der Waals surface area contributed by atoms with Gasteiger partial charge < -0.3 is 0 Å².